The second-order valence-corrected chi connectivity index (χ2v) is 5.27. The molecule has 19 heavy (non-hydrogen) atoms. The summed E-state index contributed by atoms with van der Waals surface area (Å²) in [6.45, 7) is 2.73. The first-order chi connectivity index (χ1) is 9.31. The van der Waals surface area contributed by atoms with E-state index in [1.165, 1.54) is 5.56 Å². The van der Waals surface area contributed by atoms with E-state index >= 15 is 0 Å². The lowest BCUT2D eigenvalue weighted by molar-refractivity contribution is 0.0354. The zero-order valence-corrected chi connectivity index (χ0v) is 12.0. The number of hydrogen-bond acceptors (Lipinski definition) is 4. The standard InChI is InChI=1S/C15H20N2OS/c1-2-14(16)15(12-7-10-19-11-12)18-9-6-13-5-3-4-8-17-13/h3-5,7-8,10-11,14-15H,2,6,9,16H2,1H3. The van der Waals surface area contributed by atoms with Crippen molar-refractivity contribution in [1.29, 1.82) is 0 Å². The van der Waals surface area contributed by atoms with E-state index in [2.05, 4.69) is 28.7 Å². The lowest BCUT2D eigenvalue weighted by atomic mass is 10.0. The molecule has 0 aromatic carbocycles. The minimum atomic E-state index is -0.0139. The largest absolute Gasteiger partial charge is 0.371 e. The summed E-state index contributed by atoms with van der Waals surface area (Å²) in [5, 5.41) is 4.17. The Morgan fingerprint density at radius 1 is 1.37 bits per heavy atom. The molecule has 0 aliphatic heterocycles. The van der Waals surface area contributed by atoms with Crippen molar-refractivity contribution in [3.05, 3.63) is 52.5 Å². The Labute approximate surface area is 118 Å². The zero-order chi connectivity index (χ0) is 13.5. The van der Waals surface area contributed by atoms with E-state index in [0.29, 0.717) is 6.61 Å². The van der Waals surface area contributed by atoms with Crippen molar-refractivity contribution in [1.82, 2.24) is 4.98 Å². The summed E-state index contributed by atoms with van der Waals surface area (Å²) in [5.41, 5.74) is 8.39. The van der Waals surface area contributed by atoms with Gasteiger partial charge in [-0.3, -0.25) is 4.98 Å². The first-order valence-electron chi connectivity index (χ1n) is 6.60. The van der Waals surface area contributed by atoms with Crippen LogP contribution in [0.1, 0.15) is 30.7 Å². The van der Waals surface area contributed by atoms with Crippen molar-refractivity contribution < 1.29 is 4.74 Å². The molecule has 2 rings (SSSR count). The normalized spacial score (nSPS) is 14.2. The van der Waals surface area contributed by atoms with Crippen LogP contribution in [0.15, 0.2) is 41.2 Å². The van der Waals surface area contributed by atoms with Gasteiger partial charge < -0.3 is 10.5 Å². The van der Waals surface area contributed by atoms with E-state index in [9.17, 15) is 0 Å². The third kappa shape index (κ3) is 4.13. The lowest BCUT2D eigenvalue weighted by Crippen LogP contribution is -2.29. The highest BCUT2D eigenvalue weighted by Gasteiger charge is 2.19. The van der Waals surface area contributed by atoms with Gasteiger partial charge >= 0.3 is 0 Å². The van der Waals surface area contributed by atoms with Gasteiger partial charge in [0, 0.05) is 24.4 Å². The van der Waals surface area contributed by atoms with Gasteiger partial charge in [0.15, 0.2) is 0 Å². The highest BCUT2D eigenvalue weighted by atomic mass is 32.1. The van der Waals surface area contributed by atoms with Crippen molar-refractivity contribution in [3.8, 4) is 0 Å². The predicted molar refractivity (Wildman–Crippen MR) is 79.2 cm³/mol. The number of rotatable bonds is 7. The molecule has 2 heterocycles. The topological polar surface area (TPSA) is 48.1 Å². The summed E-state index contributed by atoms with van der Waals surface area (Å²) >= 11 is 1.68. The molecule has 2 aromatic heterocycles. The van der Waals surface area contributed by atoms with E-state index in [-0.39, 0.29) is 12.1 Å². The number of thiophene rings is 1. The number of ether oxygens (including phenoxy) is 1. The number of aromatic nitrogens is 1. The highest BCUT2D eigenvalue weighted by Crippen LogP contribution is 2.24. The Morgan fingerprint density at radius 2 is 2.26 bits per heavy atom. The van der Waals surface area contributed by atoms with Crippen molar-refractivity contribution in [3.63, 3.8) is 0 Å². The second kappa shape index (κ2) is 7.38. The molecule has 0 aliphatic carbocycles. The molecule has 0 bridgehead atoms. The SMILES string of the molecule is CCC(N)C(OCCc1ccccn1)c1ccsc1. The van der Waals surface area contributed by atoms with Crippen molar-refractivity contribution in [2.24, 2.45) is 5.73 Å². The first kappa shape index (κ1) is 14.2. The minimum Gasteiger partial charge on any atom is -0.371 e. The quantitative estimate of drug-likeness (QED) is 0.845. The van der Waals surface area contributed by atoms with Crippen LogP contribution in [0.25, 0.3) is 0 Å². The zero-order valence-electron chi connectivity index (χ0n) is 11.2. The molecule has 0 spiro atoms. The average molecular weight is 276 g/mol. The van der Waals surface area contributed by atoms with Crippen LogP contribution in [0.2, 0.25) is 0 Å². The number of nitrogens with zero attached hydrogens (tertiary/aromatic N) is 1. The van der Waals surface area contributed by atoms with Crippen LogP contribution in [-0.2, 0) is 11.2 Å². The van der Waals surface area contributed by atoms with Gasteiger partial charge in [0.05, 0.1) is 12.7 Å². The smallest absolute Gasteiger partial charge is 0.0983 e. The van der Waals surface area contributed by atoms with Crippen LogP contribution in [0.5, 0.6) is 0 Å². The monoisotopic (exact) mass is 276 g/mol. The second-order valence-electron chi connectivity index (χ2n) is 4.49. The third-order valence-corrected chi connectivity index (χ3v) is 3.82. The number of pyridine rings is 1. The van der Waals surface area contributed by atoms with Crippen molar-refractivity contribution >= 4 is 11.3 Å². The van der Waals surface area contributed by atoms with Gasteiger partial charge in [-0.2, -0.15) is 11.3 Å². The predicted octanol–water partition coefficient (Wildman–Crippen LogP) is 3.18. The Hall–Kier alpha value is -1.23. The molecule has 3 nitrogen and oxygen atoms in total. The van der Waals surface area contributed by atoms with Crippen LogP contribution in [0.3, 0.4) is 0 Å². The summed E-state index contributed by atoms with van der Waals surface area (Å²) < 4.78 is 5.98. The van der Waals surface area contributed by atoms with Gasteiger partial charge in [0.2, 0.25) is 0 Å². The Kier molecular flexibility index (Phi) is 5.51. The molecular weight excluding hydrogens is 256 g/mol. The molecule has 102 valence electrons. The van der Waals surface area contributed by atoms with E-state index in [1.54, 1.807) is 11.3 Å². The average Bonchev–Trinajstić information content (AvgIpc) is 2.98. The van der Waals surface area contributed by atoms with Gasteiger partial charge in [0.25, 0.3) is 0 Å². The number of nitrogens with two attached hydrogens (primary N) is 1. The van der Waals surface area contributed by atoms with E-state index in [0.717, 1.165) is 18.5 Å². The Bertz CT molecular complexity index is 458. The van der Waals surface area contributed by atoms with Crippen LogP contribution < -0.4 is 5.73 Å². The molecule has 4 heteroatoms. The molecule has 0 aliphatic rings. The molecular formula is C15H20N2OS. The summed E-state index contributed by atoms with van der Waals surface area (Å²) in [6, 6.07) is 8.06. The fraction of sp³-hybridized carbons (Fsp3) is 0.400. The summed E-state index contributed by atoms with van der Waals surface area (Å²) in [5.74, 6) is 0. The van der Waals surface area contributed by atoms with Crippen LogP contribution >= 0.6 is 11.3 Å². The molecule has 0 saturated heterocycles. The maximum atomic E-state index is 6.15. The van der Waals surface area contributed by atoms with Gasteiger partial charge in [-0.25, -0.2) is 0 Å². The van der Waals surface area contributed by atoms with Crippen molar-refractivity contribution in [2.45, 2.75) is 31.9 Å². The highest BCUT2D eigenvalue weighted by molar-refractivity contribution is 7.07. The van der Waals surface area contributed by atoms with E-state index in [1.807, 2.05) is 24.4 Å². The van der Waals surface area contributed by atoms with Gasteiger partial charge in [-0.15, -0.1) is 0 Å². The Balaban J connectivity index is 1.90. The summed E-state index contributed by atoms with van der Waals surface area (Å²) in [7, 11) is 0. The molecule has 0 fully saturated rings. The number of hydrogen-bond donors (Lipinski definition) is 1. The lowest BCUT2D eigenvalue weighted by Gasteiger charge is -2.22. The van der Waals surface area contributed by atoms with Crippen LogP contribution in [0, 0.1) is 0 Å². The molecule has 0 saturated carbocycles. The molecule has 2 N–H and O–H groups in total. The van der Waals surface area contributed by atoms with E-state index < -0.39 is 0 Å². The molecule has 2 unspecified atom stereocenters. The fourth-order valence-corrected chi connectivity index (χ4v) is 2.64. The molecule has 2 atom stereocenters. The minimum absolute atomic E-state index is 0.0139. The van der Waals surface area contributed by atoms with E-state index in [4.69, 9.17) is 10.5 Å². The summed E-state index contributed by atoms with van der Waals surface area (Å²) in [4.78, 5) is 4.29. The molecule has 0 radical (unpaired) electrons. The van der Waals surface area contributed by atoms with Gasteiger partial charge in [-0.1, -0.05) is 13.0 Å². The first-order valence-corrected chi connectivity index (χ1v) is 7.54. The Morgan fingerprint density at radius 3 is 2.89 bits per heavy atom. The van der Waals surface area contributed by atoms with Crippen LogP contribution in [0.4, 0.5) is 0 Å². The van der Waals surface area contributed by atoms with Crippen LogP contribution in [-0.4, -0.2) is 17.6 Å². The summed E-state index contributed by atoms with van der Waals surface area (Å²) in [6.07, 6.45) is 3.52. The maximum Gasteiger partial charge on any atom is 0.0983 e. The van der Waals surface area contributed by atoms with Gasteiger partial charge in [-0.05, 0) is 40.9 Å². The van der Waals surface area contributed by atoms with Crippen molar-refractivity contribution in [2.75, 3.05) is 6.61 Å². The fourth-order valence-electron chi connectivity index (χ4n) is 1.95. The molecule has 0 amide bonds. The third-order valence-electron chi connectivity index (χ3n) is 3.11. The maximum absolute atomic E-state index is 6.15. The van der Waals surface area contributed by atoms with Gasteiger partial charge in [0.1, 0.15) is 0 Å². The molecule has 2 aromatic rings.